The predicted octanol–water partition coefficient (Wildman–Crippen LogP) is 4.57. The van der Waals surface area contributed by atoms with E-state index in [9.17, 15) is 0 Å². The number of nitrogens with one attached hydrogen (secondary N) is 1. The molecule has 0 aliphatic rings. The fraction of sp³-hybridized carbons (Fsp3) is 0.333. The second-order valence-corrected chi connectivity index (χ2v) is 5.21. The molecule has 20 heavy (non-hydrogen) atoms. The third kappa shape index (κ3) is 4.30. The zero-order chi connectivity index (χ0) is 14.4. The van der Waals surface area contributed by atoms with Crippen LogP contribution in [-0.2, 0) is 0 Å². The minimum atomic E-state index is 0.179. The van der Waals surface area contributed by atoms with Gasteiger partial charge in [0.1, 0.15) is 11.9 Å². The fourth-order valence-electron chi connectivity index (χ4n) is 2.05. The largest absolute Gasteiger partial charge is 0.489 e. The van der Waals surface area contributed by atoms with Gasteiger partial charge in [0.05, 0.1) is 6.54 Å². The van der Waals surface area contributed by atoms with E-state index in [-0.39, 0.29) is 6.10 Å². The van der Waals surface area contributed by atoms with Crippen LogP contribution in [0.4, 0.5) is 5.69 Å². The van der Waals surface area contributed by atoms with Gasteiger partial charge in [-0.25, -0.2) is 0 Å². The Hall–Kier alpha value is -1.96. The lowest BCUT2D eigenvalue weighted by Gasteiger charge is -2.19. The lowest BCUT2D eigenvalue weighted by Crippen LogP contribution is -2.25. The zero-order valence-corrected chi connectivity index (χ0v) is 12.5. The molecule has 0 bridgehead atoms. The van der Waals surface area contributed by atoms with Gasteiger partial charge >= 0.3 is 0 Å². The van der Waals surface area contributed by atoms with Crippen molar-refractivity contribution < 1.29 is 4.74 Å². The van der Waals surface area contributed by atoms with Gasteiger partial charge in [0.2, 0.25) is 0 Å². The van der Waals surface area contributed by atoms with Crippen LogP contribution in [0.2, 0.25) is 0 Å². The van der Waals surface area contributed by atoms with Crippen molar-refractivity contribution in [3.8, 4) is 5.75 Å². The van der Waals surface area contributed by atoms with Crippen molar-refractivity contribution in [2.24, 2.45) is 0 Å². The Morgan fingerprint density at radius 1 is 1.00 bits per heavy atom. The maximum atomic E-state index is 6.03. The first-order valence-corrected chi connectivity index (χ1v) is 7.21. The van der Waals surface area contributed by atoms with Crippen molar-refractivity contribution in [1.29, 1.82) is 0 Å². The van der Waals surface area contributed by atoms with Gasteiger partial charge in [-0.15, -0.1) is 0 Å². The number of rotatable bonds is 6. The summed E-state index contributed by atoms with van der Waals surface area (Å²) in [6, 6.07) is 16.7. The molecule has 1 N–H and O–H groups in total. The summed E-state index contributed by atoms with van der Waals surface area (Å²) in [5.74, 6) is 0.947. The Kier molecular flexibility index (Phi) is 5.05. The quantitative estimate of drug-likeness (QED) is 0.829. The molecule has 106 valence electrons. The van der Waals surface area contributed by atoms with Crippen LogP contribution in [0.15, 0.2) is 48.5 Å². The molecule has 0 aliphatic carbocycles. The van der Waals surface area contributed by atoms with E-state index in [1.54, 1.807) is 0 Å². The lowest BCUT2D eigenvalue weighted by atomic mass is 10.2. The topological polar surface area (TPSA) is 21.3 Å². The number of anilines is 1. The lowest BCUT2D eigenvalue weighted by molar-refractivity contribution is 0.210. The monoisotopic (exact) mass is 269 g/mol. The molecule has 2 nitrogen and oxygen atoms in total. The summed E-state index contributed by atoms with van der Waals surface area (Å²) in [4.78, 5) is 0. The summed E-state index contributed by atoms with van der Waals surface area (Å²) >= 11 is 0. The molecule has 0 amide bonds. The minimum absolute atomic E-state index is 0.179. The standard InChI is InChI=1S/C18H23NO/c1-4-17(20-18-7-5-6-15(3)12-18)13-19-16-10-8-14(2)9-11-16/h5-12,17,19H,4,13H2,1-3H3. The number of hydrogen-bond acceptors (Lipinski definition) is 2. The molecule has 1 atom stereocenters. The molecule has 0 saturated heterocycles. The van der Waals surface area contributed by atoms with Gasteiger partial charge in [0.15, 0.2) is 0 Å². The molecular formula is C18H23NO. The number of aryl methyl sites for hydroxylation is 2. The van der Waals surface area contributed by atoms with Crippen molar-refractivity contribution in [2.75, 3.05) is 11.9 Å². The highest BCUT2D eigenvalue weighted by molar-refractivity contribution is 5.44. The Balaban J connectivity index is 1.90. The Labute approximate surface area is 121 Å². The molecule has 0 heterocycles. The first kappa shape index (κ1) is 14.4. The Morgan fingerprint density at radius 2 is 1.75 bits per heavy atom. The predicted molar refractivity (Wildman–Crippen MR) is 85.6 cm³/mol. The highest BCUT2D eigenvalue weighted by Gasteiger charge is 2.08. The Bertz CT molecular complexity index is 533. The average Bonchev–Trinajstić information content (AvgIpc) is 2.45. The number of benzene rings is 2. The molecule has 0 fully saturated rings. The van der Waals surface area contributed by atoms with Crippen molar-refractivity contribution >= 4 is 5.69 Å². The molecule has 0 radical (unpaired) electrons. The summed E-state index contributed by atoms with van der Waals surface area (Å²) in [5.41, 5.74) is 3.64. The normalized spacial score (nSPS) is 11.9. The molecule has 0 aliphatic heterocycles. The molecule has 0 spiro atoms. The number of hydrogen-bond donors (Lipinski definition) is 1. The molecule has 2 heteroatoms. The van der Waals surface area contributed by atoms with Gasteiger partial charge in [-0.05, 0) is 50.1 Å². The van der Waals surface area contributed by atoms with Crippen molar-refractivity contribution in [2.45, 2.75) is 33.3 Å². The molecular weight excluding hydrogens is 246 g/mol. The fourth-order valence-corrected chi connectivity index (χ4v) is 2.05. The summed E-state index contributed by atoms with van der Waals surface area (Å²) < 4.78 is 6.03. The molecule has 0 aromatic heterocycles. The first-order valence-electron chi connectivity index (χ1n) is 7.21. The van der Waals surface area contributed by atoms with Crippen LogP contribution in [0.5, 0.6) is 5.75 Å². The highest BCUT2D eigenvalue weighted by atomic mass is 16.5. The van der Waals surface area contributed by atoms with Crippen LogP contribution in [0.1, 0.15) is 24.5 Å². The summed E-state index contributed by atoms with van der Waals surface area (Å²) in [5, 5.41) is 3.43. The third-order valence-corrected chi connectivity index (χ3v) is 3.33. The van der Waals surface area contributed by atoms with Gasteiger partial charge in [-0.1, -0.05) is 36.8 Å². The minimum Gasteiger partial charge on any atom is -0.489 e. The molecule has 1 unspecified atom stereocenters. The maximum absolute atomic E-state index is 6.03. The van der Waals surface area contributed by atoms with E-state index in [4.69, 9.17) is 4.74 Å². The van der Waals surface area contributed by atoms with Crippen LogP contribution < -0.4 is 10.1 Å². The second-order valence-electron chi connectivity index (χ2n) is 5.21. The molecule has 0 saturated carbocycles. The van der Waals surface area contributed by atoms with Crippen LogP contribution in [0, 0.1) is 13.8 Å². The zero-order valence-electron chi connectivity index (χ0n) is 12.5. The maximum Gasteiger partial charge on any atom is 0.120 e. The summed E-state index contributed by atoms with van der Waals surface area (Å²) in [6.07, 6.45) is 1.16. The highest BCUT2D eigenvalue weighted by Crippen LogP contribution is 2.16. The molecule has 2 rings (SSSR count). The number of ether oxygens (including phenoxy) is 1. The van der Waals surface area contributed by atoms with Crippen LogP contribution in [-0.4, -0.2) is 12.6 Å². The Morgan fingerprint density at radius 3 is 2.40 bits per heavy atom. The first-order chi connectivity index (χ1) is 9.67. The van der Waals surface area contributed by atoms with E-state index in [1.807, 2.05) is 12.1 Å². The van der Waals surface area contributed by atoms with E-state index >= 15 is 0 Å². The van der Waals surface area contributed by atoms with E-state index in [0.29, 0.717) is 0 Å². The average molecular weight is 269 g/mol. The van der Waals surface area contributed by atoms with Crippen molar-refractivity contribution in [3.63, 3.8) is 0 Å². The third-order valence-electron chi connectivity index (χ3n) is 3.33. The SMILES string of the molecule is CCC(CNc1ccc(C)cc1)Oc1cccc(C)c1. The van der Waals surface area contributed by atoms with Gasteiger partial charge in [0, 0.05) is 5.69 Å². The van der Waals surface area contributed by atoms with E-state index in [1.165, 1.54) is 11.1 Å². The summed E-state index contributed by atoms with van der Waals surface area (Å²) in [7, 11) is 0. The van der Waals surface area contributed by atoms with Crippen molar-refractivity contribution in [1.82, 2.24) is 0 Å². The van der Waals surface area contributed by atoms with E-state index in [0.717, 1.165) is 24.4 Å². The molecule has 2 aromatic carbocycles. The summed E-state index contributed by atoms with van der Waals surface area (Å²) in [6.45, 7) is 7.14. The smallest absolute Gasteiger partial charge is 0.120 e. The van der Waals surface area contributed by atoms with Gasteiger partial charge in [-0.3, -0.25) is 0 Å². The van der Waals surface area contributed by atoms with Gasteiger partial charge in [0.25, 0.3) is 0 Å². The van der Waals surface area contributed by atoms with E-state index < -0.39 is 0 Å². The van der Waals surface area contributed by atoms with E-state index in [2.05, 4.69) is 62.5 Å². The molecule has 2 aromatic rings. The van der Waals surface area contributed by atoms with Gasteiger partial charge in [-0.2, -0.15) is 0 Å². The van der Waals surface area contributed by atoms with Crippen molar-refractivity contribution in [3.05, 3.63) is 59.7 Å². The van der Waals surface area contributed by atoms with Crippen LogP contribution in [0.3, 0.4) is 0 Å². The van der Waals surface area contributed by atoms with Crippen LogP contribution in [0.25, 0.3) is 0 Å². The van der Waals surface area contributed by atoms with Crippen LogP contribution >= 0.6 is 0 Å². The van der Waals surface area contributed by atoms with Gasteiger partial charge < -0.3 is 10.1 Å². The second kappa shape index (κ2) is 6.99.